The van der Waals surface area contributed by atoms with Gasteiger partial charge in [0.15, 0.2) is 5.76 Å². The van der Waals surface area contributed by atoms with Crippen molar-refractivity contribution in [1.29, 1.82) is 0 Å². The maximum atomic E-state index is 13.0. The molecule has 0 aliphatic heterocycles. The van der Waals surface area contributed by atoms with Gasteiger partial charge in [0.1, 0.15) is 11.6 Å². The van der Waals surface area contributed by atoms with E-state index in [1.165, 1.54) is 23.9 Å². The Balaban J connectivity index is 1.40. The minimum absolute atomic E-state index is 0.295. The van der Waals surface area contributed by atoms with Gasteiger partial charge in [-0.1, -0.05) is 11.8 Å². The van der Waals surface area contributed by atoms with Crippen LogP contribution >= 0.6 is 11.8 Å². The van der Waals surface area contributed by atoms with E-state index in [1.54, 1.807) is 25.4 Å². The van der Waals surface area contributed by atoms with Crippen LogP contribution in [0.5, 0.6) is 5.75 Å². The predicted octanol–water partition coefficient (Wildman–Crippen LogP) is 4.83. The predicted molar refractivity (Wildman–Crippen MR) is 97.7 cm³/mol. The summed E-state index contributed by atoms with van der Waals surface area (Å²) in [5, 5.41) is 8.57. The smallest absolute Gasteiger partial charge is 0.256 e. The van der Waals surface area contributed by atoms with Gasteiger partial charge in [-0.25, -0.2) is 9.37 Å². The summed E-state index contributed by atoms with van der Waals surface area (Å²) in [5.74, 6) is 2.36. The number of oxazole rings is 1. The quantitative estimate of drug-likeness (QED) is 0.441. The average Bonchev–Trinajstić information content (AvgIpc) is 3.37. The summed E-state index contributed by atoms with van der Waals surface area (Å²) < 4.78 is 29.5. The van der Waals surface area contributed by atoms with Crippen molar-refractivity contribution in [2.45, 2.75) is 11.0 Å². The summed E-state index contributed by atoms with van der Waals surface area (Å²) in [4.78, 5) is 4.21. The molecular weight excluding hydrogens is 369 g/mol. The number of halogens is 1. The molecule has 8 heteroatoms. The van der Waals surface area contributed by atoms with Gasteiger partial charge < -0.3 is 13.6 Å². The highest BCUT2D eigenvalue weighted by atomic mass is 32.2. The summed E-state index contributed by atoms with van der Waals surface area (Å²) in [6.45, 7) is 0. The summed E-state index contributed by atoms with van der Waals surface area (Å²) >= 11 is 1.34. The van der Waals surface area contributed by atoms with Crippen LogP contribution < -0.4 is 4.74 Å². The number of hydrogen-bond acceptors (Lipinski definition) is 7. The van der Waals surface area contributed by atoms with Gasteiger partial charge in [0.2, 0.25) is 11.8 Å². The minimum atomic E-state index is -0.295. The van der Waals surface area contributed by atoms with E-state index in [-0.39, 0.29) is 5.82 Å². The molecule has 27 heavy (non-hydrogen) atoms. The number of methoxy groups -OCH3 is 1. The molecule has 0 radical (unpaired) electrons. The van der Waals surface area contributed by atoms with Crippen LogP contribution in [0.1, 0.15) is 5.89 Å². The first-order valence-corrected chi connectivity index (χ1v) is 9.01. The van der Waals surface area contributed by atoms with Crippen molar-refractivity contribution in [2.24, 2.45) is 0 Å². The monoisotopic (exact) mass is 383 g/mol. The lowest BCUT2D eigenvalue weighted by Crippen LogP contribution is -1.82. The number of nitrogens with zero attached hydrogens (tertiary/aromatic N) is 3. The second-order valence-electron chi connectivity index (χ2n) is 5.52. The van der Waals surface area contributed by atoms with Gasteiger partial charge in [0, 0.05) is 11.1 Å². The Labute approximate surface area is 158 Å². The maximum Gasteiger partial charge on any atom is 0.256 e. The van der Waals surface area contributed by atoms with Crippen molar-refractivity contribution in [3.8, 4) is 28.5 Å². The summed E-state index contributed by atoms with van der Waals surface area (Å²) in [6.07, 6.45) is 1.60. The zero-order valence-corrected chi connectivity index (χ0v) is 15.1. The summed E-state index contributed by atoms with van der Waals surface area (Å²) in [7, 11) is 1.61. The third kappa shape index (κ3) is 4.01. The Kier molecular flexibility index (Phi) is 4.88. The number of aromatic nitrogens is 3. The van der Waals surface area contributed by atoms with Crippen molar-refractivity contribution in [3.63, 3.8) is 0 Å². The van der Waals surface area contributed by atoms with Crippen LogP contribution in [0.2, 0.25) is 0 Å². The Hall–Kier alpha value is -3.13. The van der Waals surface area contributed by atoms with E-state index >= 15 is 0 Å². The lowest BCUT2D eigenvalue weighted by Gasteiger charge is -1.99. The number of hydrogen-bond donors (Lipinski definition) is 0. The molecule has 0 atom stereocenters. The zero-order chi connectivity index (χ0) is 18.6. The van der Waals surface area contributed by atoms with Crippen LogP contribution in [0.25, 0.3) is 22.8 Å². The Morgan fingerprint density at radius 3 is 2.44 bits per heavy atom. The first-order chi connectivity index (χ1) is 13.2. The normalized spacial score (nSPS) is 10.9. The van der Waals surface area contributed by atoms with E-state index in [4.69, 9.17) is 13.6 Å². The third-order valence-electron chi connectivity index (χ3n) is 3.74. The van der Waals surface area contributed by atoms with Gasteiger partial charge in [0.05, 0.1) is 19.1 Å². The Morgan fingerprint density at radius 2 is 1.70 bits per heavy atom. The Morgan fingerprint density at radius 1 is 0.963 bits per heavy atom. The molecule has 0 fully saturated rings. The van der Waals surface area contributed by atoms with Crippen molar-refractivity contribution in [2.75, 3.05) is 7.11 Å². The maximum absolute atomic E-state index is 13.0. The molecule has 4 rings (SSSR count). The van der Waals surface area contributed by atoms with Crippen LogP contribution in [0, 0.1) is 5.82 Å². The van der Waals surface area contributed by atoms with Gasteiger partial charge in [-0.05, 0) is 48.5 Å². The highest BCUT2D eigenvalue weighted by molar-refractivity contribution is 7.98. The fourth-order valence-corrected chi connectivity index (χ4v) is 3.00. The molecule has 0 unspecified atom stereocenters. The number of benzene rings is 2. The molecule has 0 spiro atoms. The van der Waals surface area contributed by atoms with Gasteiger partial charge in [-0.3, -0.25) is 0 Å². The number of ether oxygens (including phenoxy) is 1. The molecule has 2 aromatic heterocycles. The molecule has 0 aliphatic carbocycles. The van der Waals surface area contributed by atoms with Gasteiger partial charge in [-0.15, -0.1) is 10.2 Å². The van der Waals surface area contributed by atoms with Gasteiger partial charge >= 0.3 is 0 Å². The fraction of sp³-hybridized carbons (Fsp3) is 0.105. The molecule has 4 aromatic rings. The SMILES string of the molecule is COc1ccc(-c2nnc(CSc3ncc(-c4ccc(F)cc4)o3)o2)cc1. The minimum Gasteiger partial charge on any atom is -0.497 e. The molecule has 0 amide bonds. The van der Waals surface area contributed by atoms with E-state index in [0.29, 0.717) is 28.5 Å². The summed E-state index contributed by atoms with van der Waals surface area (Å²) in [6, 6.07) is 13.4. The van der Waals surface area contributed by atoms with Crippen molar-refractivity contribution in [1.82, 2.24) is 15.2 Å². The van der Waals surface area contributed by atoms with E-state index in [0.717, 1.165) is 16.9 Å². The molecule has 0 N–H and O–H groups in total. The lowest BCUT2D eigenvalue weighted by atomic mass is 10.2. The van der Waals surface area contributed by atoms with Crippen molar-refractivity contribution < 1.29 is 18.0 Å². The largest absolute Gasteiger partial charge is 0.497 e. The molecule has 0 aliphatic rings. The van der Waals surface area contributed by atoms with Crippen LogP contribution in [0.3, 0.4) is 0 Å². The molecular formula is C19H14FN3O3S. The van der Waals surface area contributed by atoms with E-state index < -0.39 is 0 Å². The van der Waals surface area contributed by atoms with E-state index in [2.05, 4.69) is 15.2 Å². The zero-order valence-electron chi connectivity index (χ0n) is 14.3. The highest BCUT2D eigenvalue weighted by Gasteiger charge is 2.12. The molecule has 136 valence electrons. The van der Waals surface area contributed by atoms with E-state index in [9.17, 15) is 4.39 Å². The van der Waals surface area contributed by atoms with Crippen LogP contribution in [0.4, 0.5) is 4.39 Å². The van der Waals surface area contributed by atoms with Crippen LogP contribution in [-0.2, 0) is 5.75 Å². The first-order valence-electron chi connectivity index (χ1n) is 8.02. The second-order valence-corrected chi connectivity index (χ2v) is 6.44. The summed E-state index contributed by atoms with van der Waals surface area (Å²) in [5.41, 5.74) is 1.57. The Bertz CT molecular complexity index is 1030. The van der Waals surface area contributed by atoms with Crippen molar-refractivity contribution in [3.05, 3.63) is 66.4 Å². The molecule has 2 aromatic carbocycles. The number of rotatable bonds is 6. The fourth-order valence-electron chi connectivity index (χ4n) is 2.36. The third-order valence-corrected chi connectivity index (χ3v) is 4.56. The molecule has 6 nitrogen and oxygen atoms in total. The van der Waals surface area contributed by atoms with Gasteiger partial charge in [-0.2, -0.15) is 0 Å². The molecule has 0 saturated carbocycles. The van der Waals surface area contributed by atoms with Gasteiger partial charge in [0.25, 0.3) is 5.22 Å². The molecule has 2 heterocycles. The molecule has 0 bridgehead atoms. The van der Waals surface area contributed by atoms with Crippen molar-refractivity contribution >= 4 is 11.8 Å². The van der Waals surface area contributed by atoms with E-state index in [1.807, 2.05) is 24.3 Å². The topological polar surface area (TPSA) is 74.2 Å². The standard InChI is InChI=1S/C19H14FN3O3S/c1-24-15-8-4-13(5-9-15)18-23-22-17(26-18)11-27-19-21-10-16(25-19)12-2-6-14(20)7-3-12/h2-10H,11H2,1H3. The lowest BCUT2D eigenvalue weighted by molar-refractivity contribution is 0.415. The highest BCUT2D eigenvalue weighted by Crippen LogP contribution is 2.28. The number of thioether (sulfide) groups is 1. The van der Waals surface area contributed by atoms with Crippen LogP contribution in [-0.4, -0.2) is 22.3 Å². The first kappa shape index (κ1) is 17.3. The average molecular weight is 383 g/mol. The molecule has 0 saturated heterocycles. The van der Waals surface area contributed by atoms with Crippen LogP contribution in [0.15, 0.2) is 68.8 Å². The second kappa shape index (κ2) is 7.63.